The van der Waals surface area contributed by atoms with Crippen LogP contribution < -0.4 is 5.32 Å². The van der Waals surface area contributed by atoms with Gasteiger partial charge in [0.1, 0.15) is 0 Å². The van der Waals surface area contributed by atoms with Gasteiger partial charge >= 0.3 is 5.97 Å². The molecule has 2 N–H and O–H groups in total. The van der Waals surface area contributed by atoms with Gasteiger partial charge in [0.15, 0.2) is 0 Å². The summed E-state index contributed by atoms with van der Waals surface area (Å²) in [4.78, 5) is 39.9. The molecule has 1 spiro atoms. The molecule has 2 heterocycles. The fourth-order valence-corrected chi connectivity index (χ4v) is 4.19. The average Bonchev–Trinajstić information content (AvgIpc) is 3.02. The molecular formula is C20H27N3O4. The van der Waals surface area contributed by atoms with E-state index in [1.54, 1.807) is 18.2 Å². The van der Waals surface area contributed by atoms with Crippen molar-refractivity contribution in [2.75, 3.05) is 33.2 Å². The van der Waals surface area contributed by atoms with Crippen LogP contribution in [0.25, 0.3) is 0 Å². The monoisotopic (exact) mass is 373 g/mol. The Morgan fingerprint density at radius 3 is 2.78 bits per heavy atom. The van der Waals surface area contributed by atoms with Gasteiger partial charge in [-0.2, -0.15) is 0 Å². The summed E-state index contributed by atoms with van der Waals surface area (Å²) >= 11 is 0. The number of carboxylic acid groups (broad SMARTS) is 1. The number of carboxylic acids is 1. The zero-order valence-electron chi connectivity index (χ0n) is 16.0. The fraction of sp³-hybridized carbons (Fsp3) is 0.550. The Kier molecular flexibility index (Phi) is 5.51. The number of hydrogen-bond donors (Lipinski definition) is 2. The number of carbonyl (C=O) groups is 3. The number of benzene rings is 1. The maximum absolute atomic E-state index is 12.6. The third-order valence-electron chi connectivity index (χ3n) is 5.82. The van der Waals surface area contributed by atoms with Gasteiger partial charge in [0, 0.05) is 26.7 Å². The number of hydrogen-bond acceptors (Lipinski definition) is 4. The summed E-state index contributed by atoms with van der Waals surface area (Å²) < 4.78 is 0. The quantitative estimate of drug-likeness (QED) is 0.811. The molecule has 146 valence electrons. The zero-order valence-corrected chi connectivity index (χ0v) is 16.0. The van der Waals surface area contributed by atoms with E-state index in [0.29, 0.717) is 13.1 Å². The average molecular weight is 373 g/mol. The highest BCUT2D eigenvalue weighted by molar-refractivity contribution is 5.88. The molecule has 2 aliphatic heterocycles. The lowest BCUT2D eigenvalue weighted by molar-refractivity contribution is -0.144. The Labute approximate surface area is 159 Å². The van der Waals surface area contributed by atoms with Crippen molar-refractivity contribution in [2.45, 2.75) is 32.7 Å². The van der Waals surface area contributed by atoms with Crippen molar-refractivity contribution in [1.82, 2.24) is 15.1 Å². The van der Waals surface area contributed by atoms with Crippen LogP contribution in [0.2, 0.25) is 0 Å². The second-order valence-electron chi connectivity index (χ2n) is 7.79. The molecule has 3 rings (SSSR count). The van der Waals surface area contributed by atoms with E-state index in [0.717, 1.165) is 43.5 Å². The van der Waals surface area contributed by atoms with E-state index in [9.17, 15) is 14.4 Å². The van der Waals surface area contributed by atoms with Crippen LogP contribution in [0, 0.1) is 12.3 Å². The fourth-order valence-electron chi connectivity index (χ4n) is 4.19. The van der Waals surface area contributed by atoms with Gasteiger partial charge in [-0.05, 0) is 56.0 Å². The molecule has 1 aromatic carbocycles. The Morgan fingerprint density at radius 2 is 2.04 bits per heavy atom. The highest BCUT2D eigenvalue weighted by atomic mass is 16.4. The second-order valence-corrected chi connectivity index (χ2v) is 7.79. The molecule has 2 aliphatic rings. The standard InChI is InChI=1S/C20H27N3O4/c1-14-4-5-15(18(25)26)10-16(14)11-21-17(24)12-23-9-7-20(13-23)6-3-8-22(2)19(20)27/h4-5,10H,3,6-9,11-13H2,1-2H3,(H,21,24)(H,25,26)/t20-/m1/s1. The van der Waals surface area contributed by atoms with Crippen LogP contribution in [0.15, 0.2) is 18.2 Å². The summed E-state index contributed by atoms with van der Waals surface area (Å²) in [5.41, 5.74) is 1.63. The largest absolute Gasteiger partial charge is 0.478 e. The summed E-state index contributed by atoms with van der Waals surface area (Å²) in [7, 11) is 1.85. The van der Waals surface area contributed by atoms with Crippen LogP contribution in [-0.2, 0) is 16.1 Å². The van der Waals surface area contributed by atoms with Crippen molar-refractivity contribution in [1.29, 1.82) is 0 Å². The predicted octanol–water partition coefficient (Wildman–Crippen LogP) is 1.25. The van der Waals surface area contributed by atoms with Crippen molar-refractivity contribution < 1.29 is 19.5 Å². The van der Waals surface area contributed by atoms with Crippen LogP contribution in [0.1, 0.15) is 40.7 Å². The number of rotatable bonds is 5. The molecule has 0 bridgehead atoms. The first kappa shape index (κ1) is 19.4. The Bertz CT molecular complexity index is 764. The van der Waals surface area contributed by atoms with Gasteiger partial charge in [-0.1, -0.05) is 6.07 Å². The molecule has 2 amide bonds. The lowest BCUT2D eigenvalue weighted by atomic mass is 9.78. The molecule has 0 radical (unpaired) electrons. The second kappa shape index (κ2) is 7.68. The van der Waals surface area contributed by atoms with Gasteiger partial charge in [0.05, 0.1) is 17.5 Å². The first-order chi connectivity index (χ1) is 12.8. The molecule has 1 atom stereocenters. The van der Waals surface area contributed by atoms with Crippen molar-refractivity contribution in [3.8, 4) is 0 Å². The van der Waals surface area contributed by atoms with Crippen molar-refractivity contribution >= 4 is 17.8 Å². The third kappa shape index (κ3) is 4.13. The highest BCUT2D eigenvalue weighted by Crippen LogP contribution is 2.39. The molecule has 0 saturated carbocycles. The molecular weight excluding hydrogens is 346 g/mol. The highest BCUT2D eigenvalue weighted by Gasteiger charge is 2.47. The molecule has 7 heteroatoms. The van der Waals surface area contributed by atoms with Crippen LogP contribution in [-0.4, -0.2) is 65.9 Å². The van der Waals surface area contributed by atoms with Crippen molar-refractivity contribution in [2.24, 2.45) is 5.41 Å². The van der Waals surface area contributed by atoms with Crippen molar-refractivity contribution in [3.63, 3.8) is 0 Å². The maximum atomic E-state index is 12.6. The van der Waals surface area contributed by atoms with Crippen LogP contribution >= 0.6 is 0 Å². The van der Waals surface area contributed by atoms with E-state index in [1.807, 2.05) is 23.8 Å². The minimum Gasteiger partial charge on any atom is -0.478 e. The van der Waals surface area contributed by atoms with Crippen LogP contribution in [0.3, 0.4) is 0 Å². The minimum atomic E-state index is -0.980. The van der Waals surface area contributed by atoms with Gasteiger partial charge in [-0.15, -0.1) is 0 Å². The molecule has 1 aromatic rings. The predicted molar refractivity (Wildman–Crippen MR) is 100 cm³/mol. The SMILES string of the molecule is Cc1ccc(C(=O)O)cc1CNC(=O)CN1CC[C@]2(CCCN(C)C2=O)C1. The first-order valence-electron chi connectivity index (χ1n) is 9.38. The number of aromatic carboxylic acids is 1. The van der Waals surface area contributed by atoms with E-state index in [4.69, 9.17) is 5.11 Å². The third-order valence-corrected chi connectivity index (χ3v) is 5.82. The van der Waals surface area contributed by atoms with Gasteiger partial charge in [-0.25, -0.2) is 4.79 Å². The van der Waals surface area contributed by atoms with Crippen LogP contribution in [0.4, 0.5) is 0 Å². The van der Waals surface area contributed by atoms with Gasteiger partial charge in [0.25, 0.3) is 0 Å². The van der Waals surface area contributed by atoms with E-state index >= 15 is 0 Å². The van der Waals surface area contributed by atoms with Crippen LogP contribution in [0.5, 0.6) is 0 Å². The summed E-state index contributed by atoms with van der Waals surface area (Å²) in [5, 5.41) is 12.0. The van der Waals surface area contributed by atoms with E-state index < -0.39 is 5.97 Å². The summed E-state index contributed by atoms with van der Waals surface area (Å²) in [5.74, 6) is -0.881. The summed E-state index contributed by atoms with van der Waals surface area (Å²) in [6.07, 6.45) is 2.72. The summed E-state index contributed by atoms with van der Waals surface area (Å²) in [6, 6.07) is 4.91. The van der Waals surface area contributed by atoms with Gasteiger partial charge in [0.2, 0.25) is 11.8 Å². The molecule has 0 aromatic heterocycles. The van der Waals surface area contributed by atoms with Gasteiger partial charge in [-0.3, -0.25) is 14.5 Å². The number of amides is 2. The molecule has 7 nitrogen and oxygen atoms in total. The van der Waals surface area contributed by atoms with Crippen molar-refractivity contribution in [3.05, 3.63) is 34.9 Å². The summed E-state index contributed by atoms with van der Waals surface area (Å²) in [6.45, 7) is 4.65. The number of nitrogens with one attached hydrogen (secondary N) is 1. The first-order valence-corrected chi connectivity index (χ1v) is 9.38. The number of nitrogens with zero attached hydrogens (tertiary/aromatic N) is 2. The minimum absolute atomic E-state index is 0.108. The smallest absolute Gasteiger partial charge is 0.335 e. The number of piperidine rings is 1. The lowest BCUT2D eigenvalue weighted by Crippen LogP contribution is -2.48. The normalized spacial score (nSPS) is 23.0. The maximum Gasteiger partial charge on any atom is 0.335 e. The Hall–Kier alpha value is -2.41. The molecule has 2 saturated heterocycles. The molecule has 0 aliphatic carbocycles. The number of likely N-dealkylation sites (tertiary alicyclic amines) is 2. The van der Waals surface area contributed by atoms with Gasteiger partial charge < -0.3 is 15.3 Å². The van der Waals surface area contributed by atoms with E-state index in [1.165, 1.54) is 0 Å². The Morgan fingerprint density at radius 1 is 1.26 bits per heavy atom. The zero-order chi connectivity index (χ0) is 19.6. The molecule has 27 heavy (non-hydrogen) atoms. The van der Waals surface area contributed by atoms with E-state index in [-0.39, 0.29) is 29.3 Å². The number of aryl methyl sites for hydroxylation is 1. The molecule has 0 unspecified atom stereocenters. The lowest BCUT2D eigenvalue weighted by Gasteiger charge is -2.37. The molecule has 2 fully saturated rings. The van der Waals surface area contributed by atoms with E-state index in [2.05, 4.69) is 5.32 Å². The topological polar surface area (TPSA) is 89.9 Å². The Balaban J connectivity index is 1.54. The number of carbonyl (C=O) groups excluding carboxylic acids is 2.